The van der Waals surface area contributed by atoms with Gasteiger partial charge >= 0.3 is 18.3 Å². The van der Waals surface area contributed by atoms with E-state index in [2.05, 4.69) is 31.1 Å². The lowest BCUT2D eigenvalue weighted by atomic mass is 9.84. The van der Waals surface area contributed by atoms with Gasteiger partial charge in [-0.25, -0.2) is 24.4 Å². The minimum atomic E-state index is -1.60. The van der Waals surface area contributed by atoms with E-state index in [1.54, 1.807) is 24.8 Å². The summed E-state index contributed by atoms with van der Waals surface area (Å²) in [5.74, 6) is -0.211. The molecule has 2 aromatic heterocycles. The third-order valence-corrected chi connectivity index (χ3v) is 7.62. The molecule has 1 fully saturated rings. The molecular weight excluding hydrogens is 686 g/mol. The van der Waals surface area contributed by atoms with Crippen LogP contribution in [0.25, 0.3) is 22.7 Å². The van der Waals surface area contributed by atoms with E-state index < -0.39 is 23.4 Å². The predicted octanol–water partition coefficient (Wildman–Crippen LogP) is 8.31. The molecule has 3 aromatic rings. The van der Waals surface area contributed by atoms with E-state index in [-0.39, 0.29) is 39.4 Å². The molecule has 48 heavy (non-hydrogen) atoms. The van der Waals surface area contributed by atoms with Gasteiger partial charge in [-0.05, 0) is 80.8 Å². The van der Waals surface area contributed by atoms with E-state index in [1.165, 1.54) is 6.20 Å². The Bertz CT molecular complexity index is 1600. The number of carbonyl (C=O) groups excluding carboxylic acids is 2. The molecule has 0 radical (unpaired) electrons. The zero-order valence-corrected chi connectivity index (χ0v) is 30.3. The largest absolute Gasteiger partial charge is 0.464 e. The number of carboxylic acid groups (broad SMARTS) is 1. The Balaban J connectivity index is 1.58. The van der Waals surface area contributed by atoms with Crippen LogP contribution < -0.4 is 4.90 Å². The van der Waals surface area contributed by atoms with Gasteiger partial charge in [0, 0.05) is 37.4 Å². The molecule has 14 heteroatoms. The average Bonchev–Trinajstić information content (AvgIpc) is 3.45. The van der Waals surface area contributed by atoms with Crippen LogP contribution in [0.4, 0.5) is 20.2 Å². The molecule has 4 rings (SSSR count). The van der Waals surface area contributed by atoms with Crippen molar-refractivity contribution in [2.24, 2.45) is 5.41 Å². The monoisotopic (exact) mass is 729 g/mol. The highest BCUT2D eigenvalue weighted by molar-refractivity contribution is 9.10. The van der Waals surface area contributed by atoms with E-state index in [9.17, 15) is 19.5 Å². The van der Waals surface area contributed by atoms with Gasteiger partial charge in [-0.15, -0.1) is 0 Å². The van der Waals surface area contributed by atoms with Crippen LogP contribution in [0.1, 0.15) is 80.2 Å². The Morgan fingerprint density at radius 2 is 1.62 bits per heavy atom. The van der Waals surface area contributed by atoms with Crippen LogP contribution in [0.5, 0.6) is 0 Å². The number of hydrogen-bond acceptors (Lipinski definition) is 10. The van der Waals surface area contributed by atoms with Gasteiger partial charge in [-0.2, -0.15) is 4.90 Å². The smallest absolute Gasteiger partial charge is 0.425 e. The number of amides is 3. The Hall–Kier alpha value is -4.04. The van der Waals surface area contributed by atoms with Crippen molar-refractivity contribution >= 4 is 40.0 Å². The topological polar surface area (TPSA) is 157 Å². The van der Waals surface area contributed by atoms with E-state index in [4.69, 9.17) is 18.7 Å². The van der Waals surface area contributed by atoms with Gasteiger partial charge in [0.25, 0.3) is 0 Å². The summed E-state index contributed by atoms with van der Waals surface area (Å²) in [6.07, 6.45) is 0.127. The van der Waals surface area contributed by atoms with Crippen molar-refractivity contribution in [3.63, 3.8) is 0 Å². The third-order valence-electron chi connectivity index (χ3n) is 7.23. The summed E-state index contributed by atoms with van der Waals surface area (Å²) in [4.78, 5) is 49.5. The van der Waals surface area contributed by atoms with Crippen LogP contribution in [-0.2, 0) is 20.8 Å². The molecule has 1 aliphatic heterocycles. The van der Waals surface area contributed by atoms with Crippen LogP contribution in [0, 0.1) is 5.41 Å². The first-order valence-electron chi connectivity index (χ1n) is 15.7. The molecule has 1 N–H and O–H groups in total. The summed E-state index contributed by atoms with van der Waals surface area (Å²) in [5.41, 5.74) is 0.226. The van der Waals surface area contributed by atoms with Crippen molar-refractivity contribution in [1.29, 1.82) is 0 Å². The third kappa shape index (κ3) is 9.99. The Kier molecular flexibility index (Phi) is 11.2. The Morgan fingerprint density at radius 3 is 2.21 bits per heavy atom. The minimum absolute atomic E-state index is 0.000845. The summed E-state index contributed by atoms with van der Waals surface area (Å²) in [6.45, 7) is 16.5. The second-order valence-electron chi connectivity index (χ2n) is 14.6. The van der Waals surface area contributed by atoms with Crippen molar-refractivity contribution in [1.82, 2.24) is 20.0 Å². The maximum atomic E-state index is 13.3. The summed E-state index contributed by atoms with van der Waals surface area (Å²) in [6, 6.07) is 9.07. The molecule has 3 amide bonds. The van der Waals surface area contributed by atoms with Crippen molar-refractivity contribution in [3.05, 3.63) is 46.7 Å². The van der Waals surface area contributed by atoms with Gasteiger partial charge in [-0.3, -0.25) is 0 Å². The highest BCUT2D eigenvalue weighted by Gasteiger charge is 2.37. The van der Waals surface area contributed by atoms with Crippen LogP contribution >= 0.6 is 15.9 Å². The number of anilines is 1. The number of imide groups is 1. The first-order valence-corrected chi connectivity index (χ1v) is 16.5. The predicted molar refractivity (Wildman–Crippen MR) is 181 cm³/mol. The van der Waals surface area contributed by atoms with E-state index >= 15 is 0 Å². The molecule has 0 atom stereocenters. The van der Waals surface area contributed by atoms with Gasteiger partial charge in [0.2, 0.25) is 0 Å². The first kappa shape index (κ1) is 36.8. The molecule has 0 spiro atoms. The highest BCUT2D eigenvalue weighted by Crippen LogP contribution is 2.34. The normalized spacial score (nSPS) is 14.4. The van der Waals surface area contributed by atoms with Crippen LogP contribution in [-0.4, -0.2) is 73.9 Å². The standard InChI is InChI=1S/C34H44BrN5O8/c1-32(2,3)20-34(7,8)47-31(44)40(29(41)42)28-27(37-26(35)18-36-28)25-17-24(38-48-25)22-11-9-21(10-12-22)19-39(23-13-15-45-16-14-23)30(43)46-33(4,5)6/h9-12,17-18,23H,13-16,19-20H2,1-8H3,(H,41,42). The average molecular weight is 731 g/mol. The Morgan fingerprint density at radius 1 is 0.979 bits per heavy atom. The maximum absolute atomic E-state index is 13.3. The molecule has 260 valence electrons. The SMILES string of the molecule is CC(C)(C)CC(C)(C)OC(=O)N(C(=O)O)c1ncc(Br)nc1-c1cc(-c2ccc(CN(C(=O)OC(C)(C)C)C3CCOCC3)cc2)no1. The number of halogens is 1. The molecule has 1 aromatic carbocycles. The number of benzene rings is 1. The number of hydrogen-bond donors (Lipinski definition) is 1. The Labute approximate surface area is 289 Å². The van der Waals surface area contributed by atoms with Crippen molar-refractivity contribution in [2.75, 3.05) is 18.1 Å². The molecule has 0 aliphatic carbocycles. The van der Waals surface area contributed by atoms with Crippen LogP contribution in [0.3, 0.4) is 0 Å². The molecule has 1 saturated heterocycles. The lowest BCUT2D eigenvalue weighted by molar-refractivity contribution is -0.00814. The summed E-state index contributed by atoms with van der Waals surface area (Å²) >= 11 is 3.27. The lowest BCUT2D eigenvalue weighted by Crippen LogP contribution is -2.45. The fourth-order valence-corrected chi connectivity index (χ4v) is 5.98. The summed E-state index contributed by atoms with van der Waals surface area (Å²) in [5, 5.41) is 14.2. The molecular formula is C34H44BrN5O8. The minimum Gasteiger partial charge on any atom is -0.464 e. The number of carbonyl (C=O) groups is 3. The van der Waals surface area contributed by atoms with Crippen LogP contribution in [0.15, 0.2) is 45.7 Å². The number of rotatable bonds is 8. The number of nitrogens with zero attached hydrogens (tertiary/aromatic N) is 5. The van der Waals surface area contributed by atoms with Gasteiger partial charge in [0.05, 0.1) is 6.20 Å². The van der Waals surface area contributed by atoms with Gasteiger partial charge < -0.3 is 28.7 Å². The summed E-state index contributed by atoms with van der Waals surface area (Å²) < 4.78 is 22.7. The van der Waals surface area contributed by atoms with Crippen molar-refractivity contribution in [3.8, 4) is 22.7 Å². The van der Waals surface area contributed by atoms with E-state index in [0.29, 0.717) is 42.3 Å². The molecule has 3 heterocycles. The zero-order chi connectivity index (χ0) is 35.4. The highest BCUT2D eigenvalue weighted by atomic mass is 79.9. The number of ether oxygens (including phenoxy) is 3. The number of aromatic nitrogens is 3. The quantitative estimate of drug-likeness (QED) is 0.238. The van der Waals surface area contributed by atoms with Gasteiger partial charge in [0.15, 0.2) is 17.3 Å². The molecule has 0 saturated carbocycles. The van der Waals surface area contributed by atoms with Gasteiger partial charge in [-0.1, -0.05) is 50.2 Å². The van der Waals surface area contributed by atoms with E-state index in [0.717, 1.165) is 18.4 Å². The molecule has 1 aliphatic rings. The molecule has 0 bridgehead atoms. The van der Waals surface area contributed by atoms with Crippen molar-refractivity contribution in [2.45, 2.75) is 98.4 Å². The molecule has 0 unspecified atom stereocenters. The van der Waals surface area contributed by atoms with Crippen molar-refractivity contribution < 1.29 is 38.2 Å². The van der Waals surface area contributed by atoms with E-state index in [1.807, 2.05) is 65.8 Å². The van der Waals surface area contributed by atoms with Gasteiger partial charge in [0.1, 0.15) is 21.5 Å². The first-order chi connectivity index (χ1) is 22.3. The second kappa shape index (κ2) is 14.6. The zero-order valence-electron chi connectivity index (χ0n) is 28.7. The lowest BCUT2D eigenvalue weighted by Gasteiger charge is -2.35. The summed E-state index contributed by atoms with van der Waals surface area (Å²) in [7, 11) is 0. The van der Waals surface area contributed by atoms with Crippen LogP contribution in [0.2, 0.25) is 0 Å². The fourth-order valence-electron chi connectivity index (χ4n) is 5.70. The maximum Gasteiger partial charge on any atom is 0.425 e. The second-order valence-corrected chi connectivity index (χ2v) is 15.4. The molecule has 13 nitrogen and oxygen atoms in total. The fraction of sp³-hybridized carbons (Fsp3) is 0.529.